The maximum absolute atomic E-state index is 14.5. The van der Waals surface area contributed by atoms with Crippen LogP contribution in [0.15, 0.2) is 76.4 Å². The molecule has 1 aliphatic heterocycles. The highest BCUT2D eigenvalue weighted by molar-refractivity contribution is 7.89. The molecule has 240 valence electrons. The zero-order valence-corrected chi connectivity index (χ0v) is 25.9. The molecule has 1 saturated heterocycles. The second-order valence-electron chi connectivity index (χ2n) is 11.7. The van der Waals surface area contributed by atoms with Crippen LogP contribution in [0.25, 0.3) is 22.2 Å². The fraction of sp³-hybridized carbons (Fsp3) is 0.281. The Balaban J connectivity index is 1.34. The fourth-order valence-corrected chi connectivity index (χ4v) is 8.40. The highest BCUT2D eigenvalue weighted by Gasteiger charge is 2.46. The number of nitrogens with one attached hydrogen (secondary N) is 1. The maximum atomic E-state index is 14.5. The van der Waals surface area contributed by atoms with Gasteiger partial charge in [0, 0.05) is 60.2 Å². The minimum absolute atomic E-state index is 0.00214. The summed E-state index contributed by atoms with van der Waals surface area (Å²) < 4.78 is 78.2. The minimum atomic E-state index is -4.36. The van der Waals surface area contributed by atoms with E-state index in [2.05, 4.69) is 15.5 Å². The first-order valence-corrected chi connectivity index (χ1v) is 15.9. The first-order valence-electron chi connectivity index (χ1n) is 14.5. The van der Waals surface area contributed by atoms with E-state index in [1.807, 2.05) is 30.3 Å². The molecule has 0 aliphatic carbocycles. The molecule has 14 heteroatoms. The molecule has 2 aromatic carbocycles. The van der Waals surface area contributed by atoms with E-state index in [-0.39, 0.29) is 39.4 Å². The summed E-state index contributed by atoms with van der Waals surface area (Å²) in [6.45, 7) is 3.32. The summed E-state index contributed by atoms with van der Waals surface area (Å²) in [6.07, 6.45) is 2.35. The molecule has 3 aromatic heterocycles. The number of amides is 1. The number of aromatic nitrogens is 3. The van der Waals surface area contributed by atoms with E-state index < -0.39 is 51.1 Å². The van der Waals surface area contributed by atoms with Crippen LogP contribution in [0, 0.1) is 17.5 Å². The molecule has 1 amide bonds. The normalized spacial score (nSPS) is 18.6. The van der Waals surface area contributed by atoms with Gasteiger partial charge in [0.25, 0.3) is 15.9 Å². The highest BCUT2D eigenvalue weighted by Crippen LogP contribution is 2.40. The number of carbonyl (C=O) groups excluding carboxylic acids is 1. The summed E-state index contributed by atoms with van der Waals surface area (Å²) in [6, 6.07) is 14.0. The second-order valence-corrected chi connectivity index (χ2v) is 13.4. The molecule has 10 nitrogen and oxygen atoms in total. The molecule has 1 fully saturated rings. The van der Waals surface area contributed by atoms with E-state index in [9.17, 15) is 31.5 Å². The van der Waals surface area contributed by atoms with Crippen molar-refractivity contribution in [2.45, 2.75) is 55.8 Å². The number of aliphatic hydroxyl groups is 1. The Kier molecular flexibility index (Phi) is 7.99. The largest absolute Gasteiger partial charge is 0.384 e. The molecule has 3 atom stereocenters. The van der Waals surface area contributed by atoms with Crippen molar-refractivity contribution in [2.24, 2.45) is 7.05 Å². The van der Waals surface area contributed by atoms with Crippen LogP contribution in [0.5, 0.6) is 0 Å². The second kappa shape index (κ2) is 11.7. The first-order chi connectivity index (χ1) is 21.8. The van der Waals surface area contributed by atoms with Crippen LogP contribution >= 0.6 is 0 Å². The van der Waals surface area contributed by atoms with Crippen molar-refractivity contribution in [1.82, 2.24) is 19.0 Å². The van der Waals surface area contributed by atoms with Gasteiger partial charge in [-0.25, -0.2) is 21.6 Å². The standard InChI is InChI=1S/C32H30F3N5O5S/c1-18-11-12-21(17-32(2,42)26-16-25(45-38-26)19-8-5-4-6-9-19)40(18)46(43,44)31-28-22(10-7-13-36-28)29(39(31)3)30(41)37-20-14-23(33)27(35)24(34)15-20/h4-10,13-16,18,21,42H,11-12,17H2,1-3H3,(H,37,41). The molecule has 3 unspecified atom stereocenters. The van der Waals surface area contributed by atoms with Crippen LogP contribution in [0.2, 0.25) is 0 Å². The Morgan fingerprint density at radius 2 is 1.78 bits per heavy atom. The summed E-state index contributed by atoms with van der Waals surface area (Å²) in [4.78, 5) is 17.7. The SMILES string of the molecule is CC1CCC(CC(C)(O)c2cc(-c3ccccc3)on2)N1S(=O)(=O)c1c2ncccc2c(C(=O)Nc2cc(F)c(F)c(F)c2)n1C. The van der Waals surface area contributed by atoms with Gasteiger partial charge in [0.05, 0.1) is 0 Å². The van der Waals surface area contributed by atoms with Gasteiger partial charge in [-0.15, -0.1) is 0 Å². The number of fused-ring (bicyclic) bond motifs is 1. The molecule has 0 spiro atoms. The molecule has 5 aromatic rings. The van der Waals surface area contributed by atoms with Crippen LogP contribution in [-0.2, 0) is 22.7 Å². The summed E-state index contributed by atoms with van der Waals surface area (Å²) in [5.41, 5.74) is -1.02. The van der Waals surface area contributed by atoms with Gasteiger partial charge < -0.3 is 19.5 Å². The van der Waals surface area contributed by atoms with Gasteiger partial charge in [0.1, 0.15) is 22.5 Å². The highest BCUT2D eigenvalue weighted by atomic mass is 32.2. The summed E-state index contributed by atoms with van der Waals surface area (Å²) in [5, 5.41) is 17.9. The predicted molar refractivity (Wildman–Crippen MR) is 163 cm³/mol. The van der Waals surface area contributed by atoms with Crippen molar-refractivity contribution in [3.63, 3.8) is 0 Å². The Morgan fingerprint density at radius 1 is 1.09 bits per heavy atom. The van der Waals surface area contributed by atoms with Crippen molar-refractivity contribution < 1.29 is 36.0 Å². The van der Waals surface area contributed by atoms with Gasteiger partial charge in [0.15, 0.2) is 28.2 Å². The zero-order valence-electron chi connectivity index (χ0n) is 25.0. The molecule has 6 rings (SSSR count). The fourth-order valence-electron chi connectivity index (χ4n) is 6.20. The van der Waals surface area contributed by atoms with Crippen LogP contribution in [-0.4, -0.2) is 50.5 Å². The lowest BCUT2D eigenvalue weighted by atomic mass is 9.92. The van der Waals surface area contributed by atoms with Gasteiger partial charge in [-0.2, -0.15) is 4.31 Å². The molecule has 2 N–H and O–H groups in total. The van der Waals surface area contributed by atoms with Crippen molar-refractivity contribution in [3.05, 3.63) is 95.7 Å². The van der Waals surface area contributed by atoms with Gasteiger partial charge >= 0.3 is 0 Å². The van der Waals surface area contributed by atoms with E-state index >= 15 is 0 Å². The topological polar surface area (TPSA) is 131 Å². The Morgan fingerprint density at radius 3 is 2.48 bits per heavy atom. The van der Waals surface area contributed by atoms with Crippen LogP contribution < -0.4 is 5.32 Å². The average molecular weight is 654 g/mol. The number of nitrogens with zero attached hydrogens (tertiary/aromatic N) is 4. The van der Waals surface area contributed by atoms with E-state index in [1.54, 1.807) is 19.9 Å². The zero-order chi connectivity index (χ0) is 33.0. The third-order valence-electron chi connectivity index (χ3n) is 8.35. The predicted octanol–water partition coefficient (Wildman–Crippen LogP) is 5.74. The first kappa shape index (κ1) is 31.5. The smallest absolute Gasteiger partial charge is 0.273 e. The molecule has 4 heterocycles. The summed E-state index contributed by atoms with van der Waals surface area (Å²) in [5.74, 6) is -5.11. The molecule has 0 bridgehead atoms. The molecular weight excluding hydrogens is 623 g/mol. The monoisotopic (exact) mass is 653 g/mol. The number of carbonyl (C=O) groups is 1. The molecule has 46 heavy (non-hydrogen) atoms. The average Bonchev–Trinajstić information content (AvgIpc) is 3.72. The number of hydrogen-bond donors (Lipinski definition) is 2. The molecule has 1 aliphatic rings. The number of sulfonamides is 1. The van der Waals surface area contributed by atoms with E-state index in [4.69, 9.17) is 4.52 Å². The van der Waals surface area contributed by atoms with Crippen molar-refractivity contribution >= 4 is 32.5 Å². The number of pyridine rings is 1. The summed E-state index contributed by atoms with van der Waals surface area (Å²) >= 11 is 0. The maximum Gasteiger partial charge on any atom is 0.273 e. The molecule has 0 saturated carbocycles. The van der Waals surface area contributed by atoms with E-state index in [0.29, 0.717) is 30.7 Å². The Labute approximate surface area is 262 Å². The van der Waals surface area contributed by atoms with Crippen molar-refractivity contribution in [3.8, 4) is 11.3 Å². The van der Waals surface area contributed by atoms with Crippen LogP contribution in [0.3, 0.4) is 0 Å². The minimum Gasteiger partial charge on any atom is -0.384 e. The molecular formula is C32H30F3N5O5S. The number of benzene rings is 2. The third-order valence-corrected chi connectivity index (χ3v) is 10.5. The molecule has 0 radical (unpaired) electrons. The van der Waals surface area contributed by atoms with Gasteiger partial charge in [0.2, 0.25) is 0 Å². The lowest BCUT2D eigenvalue weighted by Gasteiger charge is -2.32. The number of rotatable bonds is 8. The van der Waals surface area contributed by atoms with Crippen LogP contribution in [0.4, 0.5) is 18.9 Å². The van der Waals surface area contributed by atoms with Crippen LogP contribution in [0.1, 0.15) is 49.3 Å². The van der Waals surface area contributed by atoms with Crippen molar-refractivity contribution in [2.75, 3.05) is 5.32 Å². The Bertz CT molecular complexity index is 2040. The van der Waals surface area contributed by atoms with Gasteiger partial charge in [-0.3, -0.25) is 9.78 Å². The Hall–Kier alpha value is -4.53. The van der Waals surface area contributed by atoms with E-state index in [0.717, 1.165) is 5.56 Å². The number of hydrogen-bond acceptors (Lipinski definition) is 7. The summed E-state index contributed by atoms with van der Waals surface area (Å²) in [7, 11) is -2.99. The lowest BCUT2D eigenvalue weighted by molar-refractivity contribution is 0.0228. The van der Waals surface area contributed by atoms with Gasteiger partial charge in [-0.1, -0.05) is 35.5 Å². The van der Waals surface area contributed by atoms with Crippen molar-refractivity contribution in [1.29, 1.82) is 0 Å². The van der Waals surface area contributed by atoms with Gasteiger partial charge in [-0.05, 0) is 45.2 Å². The lowest BCUT2D eigenvalue weighted by Crippen LogP contribution is -2.43. The number of anilines is 1. The van der Waals surface area contributed by atoms with E-state index in [1.165, 1.54) is 34.2 Å². The quantitative estimate of drug-likeness (QED) is 0.204. The third kappa shape index (κ3) is 5.46. The number of halogens is 3.